The van der Waals surface area contributed by atoms with Gasteiger partial charge in [0.1, 0.15) is 12.2 Å². The molecular formula is C16H15F2NO4. The largest absolute Gasteiger partial charge is 0.453 e. The molecule has 122 valence electrons. The van der Waals surface area contributed by atoms with Gasteiger partial charge in [0.2, 0.25) is 0 Å². The first-order chi connectivity index (χ1) is 11.1. The number of halogens is 2. The Kier molecular flexibility index (Phi) is 4.38. The molecule has 3 rings (SSSR count). The highest BCUT2D eigenvalue weighted by Gasteiger charge is 2.29. The Hall–Kier alpha value is -2.28. The number of nitrogens with zero attached hydrogens (tertiary/aromatic N) is 1. The maximum atomic E-state index is 13.3. The number of hydrogen-bond acceptors (Lipinski definition) is 5. The van der Waals surface area contributed by atoms with Gasteiger partial charge in [-0.1, -0.05) is 6.07 Å². The number of rotatable bonds is 4. The van der Waals surface area contributed by atoms with E-state index in [4.69, 9.17) is 13.9 Å². The molecule has 0 aliphatic carbocycles. The number of carbonyl (C=O) groups is 1. The molecule has 1 aromatic carbocycles. The summed E-state index contributed by atoms with van der Waals surface area (Å²) in [4.78, 5) is 16.1. The van der Waals surface area contributed by atoms with Crippen molar-refractivity contribution < 1.29 is 27.5 Å². The number of benzene rings is 1. The van der Waals surface area contributed by atoms with Gasteiger partial charge in [-0.05, 0) is 37.5 Å². The molecule has 1 saturated heterocycles. The molecule has 0 bridgehead atoms. The lowest BCUT2D eigenvalue weighted by molar-refractivity contribution is 0.0315. The fourth-order valence-corrected chi connectivity index (χ4v) is 2.47. The van der Waals surface area contributed by atoms with Crippen molar-refractivity contribution in [3.63, 3.8) is 0 Å². The van der Waals surface area contributed by atoms with Crippen LogP contribution in [0.3, 0.4) is 0 Å². The SMILES string of the molecule is C[C@H](OC(=O)c1ncoc1[C@H]1CCCO1)c1ccc(F)c(F)c1. The number of ether oxygens (including phenoxy) is 2. The van der Waals surface area contributed by atoms with E-state index in [1.807, 2.05) is 0 Å². The second-order valence-electron chi connectivity index (χ2n) is 5.29. The maximum Gasteiger partial charge on any atom is 0.361 e. The number of hydrogen-bond donors (Lipinski definition) is 0. The molecule has 1 aromatic heterocycles. The molecule has 1 aliphatic rings. The van der Waals surface area contributed by atoms with Crippen LogP contribution in [-0.4, -0.2) is 17.6 Å². The summed E-state index contributed by atoms with van der Waals surface area (Å²) in [5.41, 5.74) is 0.394. The molecule has 0 saturated carbocycles. The van der Waals surface area contributed by atoms with Crippen molar-refractivity contribution in [3.05, 3.63) is 53.2 Å². The number of carbonyl (C=O) groups excluding carboxylic acids is 1. The zero-order chi connectivity index (χ0) is 16.4. The first-order valence-corrected chi connectivity index (χ1v) is 7.27. The van der Waals surface area contributed by atoms with Gasteiger partial charge in [-0.15, -0.1) is 0 Å². The highest BCUT2D eigenvalue weighted by molar-refractivity contribution is 5.88. The molecule has 0 N–H and O–H groups in total. The Morgan fingerprint density at radius 2 is 2.22 bits per heavy atom. The van der Waals surface area contributed by atoms with Gasteiger partial charge in [0.25, 0.3) is 0 Å². The van der Waals surface area contributed by atoms with E-state index in [0.717, 1.165) is 31.4 Å². The molecule has 2 heterocycles. The quantitative estimate of drug-likeness (QED) is 0.803. The second kappa shape index (κ2) is 6.45. The van der Waals surface area contributed by atoms with Crippen LogP contribution < -0.4 is 0 Å². The molecule has 1 fully saturated rings. The van der Waals surface area contributed by atoms with Crippen LogP contribution in [0.25, 0.3) is 0 Å². The average Bonchev–Trinajstić information content (AvgIpc) is 3.19. The summed E-state index contributed by atoms with van der Waals surface area (Å²) >= 11 is 0. The molecule has 1 aliphatic heterocycles. The summed E-state index contributed by atoms with van der Waals surface area (Å²) in [6, 6.07) is 3.35. The molecule has 0 radical (unpaired) electrons. The lowest BCUT2D eigenvalue weighted by Crippen LogP contribution is -2.13. The zero-order valence-corrected chi connectivity index (χ0v) is 12.4. The number of esters is 1. The predicted molar refractivity (Wildman–Crippen MR) is 74.6 cm³/mol. The van der Waals surface area contributed by atoms with E-state index < -0.39 is 23.7 Å². The van der Waals surface area contributed by atoms with Gasteiger partial charge in [0.15, 0.2) is 29.5 Å². The van der Waals surface area contributed by atoms with Crippen molar-refractivity contribution in [1.82, 2.24) is 4.98 Å². The van der Waals surface area contributed by atoms with Gasteiger partial charge in [-0.25, -0.2) is 18.6 Å². The predicted octanol–water partition coefficient (Wildman–Crippen LogP) is 3.72. The molecular weight excluding hydrogens is 308 g/mol. The Balaban J connectivity index is 1.74. The van der Waals surface area contributed by atoms with Crippen LogP contribution in [0, 0.1) is 11.6 Å². The molecule has 2 atom stereocenters. The van der Waals surface area contributed by atoms with Gasteiger partial charge in [0.05, 0.1) is 0 Å². The van der Waals surface area contributed by atoms with E-state index in [1.165, 1.54) is 6.07 Å². The summed E-state index contributed by atoms with van der Waals surface area (Å²) in [5, 5.41) is 0. The minimum Gasteiger partial charge on any atom is -0.453 e. The molecule has 7 heteroatoms. The third kappa shape index (κ3) is 3.24. The van der Waals surface area contributed by atoms with E-state index in [9.17, 15) is 13.6 Å². The average molecular weight is 323 g/mol. The van der Waals surface area contributed by atoms with Crippen LogP contribution in [0.5, 0.6) is 0 Å². The molecule has 0 amide bonds. The van der Waals surface area contributed by atoms with Gasteiger partial charge >= 0.3 is 5.97 Å². The fourth-order valence-electron chi connectivity index (χ4n) is 2.47. The van der Waals surface area contributed by atoms with Crippen LogP contribution in [0.15, 0.2) is 29.0 Å². The first-order valence-electron chi connectivity index (χ1n) is 7.27. The van der Waals surface area contributed by atoms with Crippen molar-refractivity contribution in [2.45, 2.75) is 32.0 Å². The van der Waals surface area contributed by atoms with E-state index >= 15 is 0 Å². The highest BCUT2D eigenvalue weighted by atomic mass is 19.2. The highest BCUT2D eigenvalue weighted by Crippen LogP contribution is 2.31. The van der Waals surface area contributed by atoms with Crippen molar-refractivity contribution in [2.24, 2.45) is 0 Å². The molecule has 0 unspecified atom stereocenters. The van der Waals surface area contributed by atoms with Gasteiger partial charge < -0.3 is 13.9 Å². The fraction of sp³-hybridized carbons (Fsp3) is 0.375. The number of aromatic nitrogens is 1. The lowest BCUT2D eigenvalue weighted by atomic mass is 10.1. The van der Waals surface area contributed by atoms with E-state index in [1.54, 1.807) is 6.92 Å². The third-order valence-electron chi connectivity index (χ3n) is 3.71. The zero-order valence-electron chi connectivity index (χ0n) is 12.4. The van der Waals surface area contributed by atoms with Crippen molar-refractivity contribution in [2.75, 3.05) is 6.61 Å². The first kappa shape index (κ1) is 15.6. The van der Waals surface area contributed by atoms with Gasteiger partial charge in [-0.2, -0.15) is 0 Å². The van der Waals surface area contributed by atoms with E-state index in [0.29, 0.717) is 17.9 Å². The van der Waals surface area contributed by atoms with Crippen molar-refractivity contribution >= 4 is 5.97 Å². The standard InChI is InChI=1S/C16H15F2NO4/c1-9(10-4-5-11(17)12(18)7-10)23-16(20)14-15(22-8-19-14)13-3-2-6-21-13/h4-5,7-9,13H,2-3,6H2,1H3/t9-,13+/m0/s1. The Morgan fingerprint density at radius 1 is 1.39 bits per heavy atom. The Morgan fingerprint density at radius 3 is 2.91 bits per heavy atom. The van der Waals surface area contributed by atoms with Crippen LogP contribution in [0.2, 0.25) is 0 Å². The normalized spacial score (nSPS) is 18.8. The summed E-state index contributed by atoms with van der Waals surface area (Å²) in [5.74, 6) is -2.30. The summed E-state index contributed by atoms with van der Waals surface area (Å²) in [6.45, 7) is 2.17. The molecule has 5 nitrogen and oxygen atoms in total. The third-order valence-corrected chi connectivity index (χ3v) is 3.71. The Bertz CT molecular complexity index is 710. The second-order valence-corrected chi connectivity index (χ2v) is 5.29. The van der Waals surface area contributed by atoms with E-state index in [2.05, 4.69) is 4.98 Å². The van der Waals surface area contributed by atoms with Crippen LogP contribution in [0.4, 0.5) is 8.78 Å². The molecule has 0 spiro atoms. The Labute approximate surface area is 131 Å². The van der Waals surface area contributed by atoms with Gasteiger partial charge in [-0.3, -0.25) is 0 Å². The van der Waals surface area contributed by atoms with Crippen LogP contribution >= 0.6 is 0 Å². The van der Waals surface area contributed by atoms with Crippen molar-refractivity contribution in [1.29, 1.82) is 0 Å². The molecule has 23 heavy (non-hydrogen) atoms. The number of oxazole rings is 1. The monoisotopic (exact) mass is 323 g/mol. The van der Waals surface area contributed by atoms with E-state index in [-0.39, 0.29) is 11.8 Å². The topological polar surface area (TPSA) is 61.6 Å². The smallest absolute Gasteiger partial charge is 0.361 e. The lowest BCUT2D eigenvalue weighted by Gasteiger charge is -2.14. The summed E-state index contributed by atoms with van der Waals surface area (Å²) < 4.78 is 42.2. The summed E-state index contributed by atoms with van der Waals surface area (Å²) in [6.07, 6.45) is 1.72. The minimum absolute atomic E-state index is 0.0475. The minimum atomic E-state index is -0.994. The summed E-state index contributed by atoms with van der Waals surface area (Å²) in [7, 11) is 0. The van der Waals surface area contributed by atoms with Gasteiger partial charge in [0, 0.05) is 6.61 Å². The van der Waals surface area contributed by atoms with Crippen molar-refractivity contribution in [3.8, 4) is 0 Å². The molecule has 2 aromatic rings. The van der Waals surface area contributed by atoms with Crippen LogP contribution in [-0.2, 0) is 9.47 Å². The van der Waals surface area contributed by atoms with Crippen LogP contribution in [0.1, 0.15) is 53.8 Å². The maximum absolute atomic E-state index is 13.3.